The number of piperazine rings is 1. The van der Waals surface area contributed by atoms with Crippen molar-refractivity contribution < 1.29 is 14.3 Å². The van der Waals surface area contributed by atoms with Crippen LogP contribution in [0, 0.1) is 5.92 Å². The molecule has 0 saturated carbocycles. The van der Waals surface area contributed by atoms with E-state index in [9.17, 15) is 9.59 Å². The fourth-order valence-corrected chi connectivity index (χ4v) is 4.98. The molecule has 190 valence electrons. The van der Waals surface area contributed by atoms with Crippen LogP contribution in [-0.2, 0) is 9.59 Å². The summed E-state index contributed by atoms with van der Waals surface area (Å²) in [5, 5.41) is 3.39. The highest BCUT2D eigenvalue weighted by Gasteiger charge is 2.45. The summed E-state index contributed by atoms with van der Waals surface area (Å²) in [4.78, 5) is 32.1. The number of carbonyl (C=O) groups is 2. The Hall–Kier alpha value is -2.61. The minimum Gasteiger partial charge on any atom is -0.495 e. The number of likely N-dealkylation sites (tertiary alicyclic amines) is 1. The summed E-state index contributed by atoms with van der Waals surface area (Å²) in [6.45, 7) is 9.02. The first kappa shape index (κ1) is 27.0. The second-order valence-electron chi connectivity index (χ2n) is 9.25. The Kier molecular flexibility index (Phi) is 9.55. The van der Waals surface area contributed by atoms with Crippen LogP contribution in [0.15, 0.2) is 54.6 Å². The SMILES string of the molecule is COc1ccccc1N1CCN(CCCN2C(=O)C(C)C(NC(C)c3ccccc3)C2=O)CC1.Cl. The van der Waals surface area contributed by atoms with Gasteiger partial charge < -0.3 is 9.64 Å². The maximum absolute atomic E-state index is 13.0. The van der Waals surface area contributed by atoms with Gasteiger partial charge in [-0.05, 0) is 37.6 Å². The summed E-state index contributed by atoms with van der Waals surface area (Å²) < 4.78 is 5.50. The van der Waals surface area contributed by atoms with E-state index in [0.717, 1.165) is 56.1 Å². The quantitative estimate of drug-likeness (QED) is 0.533. The predicted molar refractivity (Wildman–Crippen MR) is 141 cm³/mol. The van der Waals surface area contributed by atoms with Crippen molar-refractivity contribution in [2.75, 3.05) is 51.3 Å². The number of para-hydroxylation sites is 2. The molecule has 4 rings (SSSR count). The van der Waals surface area contributed by atoms with E-state index in [2.05, 4.69) is 21.2 Å². The summed E-state index contributed by atoms with van der Waals surface area (Å²) in [6.07, 6.45) is 0.791. The van der Waals surface area contributed by atoms with Crippen LogP contribution in [0.4, 0.5) is 5.69 Å². The molecule has 0 radical (unpaired) electrons. The van der Waals surface area contributed by atoms with E-state index in [1.807, 2.05) is 62.4 Å². The standard InChI is InChI=1S/C27H36N4O3.ClH/c1-20-25(28-21(2)22-10-5-4-6-11-22)27(33)31(26(20)32)15-9-14-29-16-18-30(19-17-29)23-12-7-8-13-24(23)34-3;/h4-8,10-13,20-21,25,28H,9,14-19H2,1-3H3;1H. The van der Waals surface area contributed by atoms with Crippen molar-refractivity contribution in [2.45, 2.75) is 32.4 Å². The second-order valence-corrected chi connectivity index (χ2v) is 9.25. The van der Waals surface area contributed by atoms with Gasteiger partial charge in [0, 0.05) is 38.8 Å². The Bertz CT molecular complexity index is 981. The lowest BCUT2D eigenvalue weighted by molar-refractivity contribution is -0.139. The average Bonchev–Trinajstić information content (AvgIpc) is 3.08. The van der Waals surface area contributed by atoms with E-state index < -0.39 is 6.04 Å². The smallest absolute Gasteiger partial charge is 0.247 e. The molecule has 0 aliphatic carbocycles. The maximum Gasteiger partial charge on any atom is 0.247 e. The molecule has 0 bridgehead atoms. The van der Waals surface area contributed by atoms with Gasteiger partial charge in [-0.15, -0.1) is 12.4 Å². The van der Waals surface area contributed by atoms with Gasteiger partial charge in [0.25, 0.3) is 0 Å². The fraction of sp³-hybridized carbons (Fsp3) is 0.481. The van der Waals surface area contributed by atoms with Crippen molar-refractivity contribution in [3.05, 3.63) is 60.2 Å². The predicted octanol–water partition coefficient (Wildman–Crippen LogP) is 3.35. The number of benzene rings is 2. The minimum absolute atomic E-state index is 0. The molecule has 0 aromatic heterocycles. The second kappa shape index (κ2) is 12.4. The molecule has 2 amide bonds. The Morgan fingerprint density at radius 3 is 2.29 bits per heavy atom. The number of hydrogen-bond donors (Lipinski definition) is 1. The first-order valence-electron chi connectivity index (χ1n) is 12.3. The Balaban J connectivity index is 0.00000342. The van der Waals surface area contributed by atoms with Gasteiger partial charge in [-0.1, -0.05) is 49.4 Å². The lowest BCUT2D eigenvalue weighted by Gasteiger charge is -2.36. The summed E-state index contributed by atoms with van der Waals surface area (Å²) in [5.74, 6) is 0.397. The molecule has 7 nitrogen and oxygen atoms in total. The van der Waals surface area contributed by atoms with Crippen molar-refractivity contribution in [2.24, 2.45) is 5.92 Å². The number of hydrogen-bond acceptors (Lipinski definition) is 6. The zero-order chi connectivity index (χ0) is 24.1. The van der Waals surface area contributed by atoms with E-state index in [-0.39, 0.29) is 36.2 Å². The number of ether oxygens (including phenoxy) is 1. The van der Waals surface area contributed by atoms with Crippen molar-refractivity contribution >= 4 is 29.9 Å². The molecule has 2 aliphatic heterocycles. The molecule has 2 aromatic rings. The molecule has 2 aliphatic rings. The van der Waals surface area contributed by atoms with Gasteiger partial charge in [0.15, 0.2) is 0 Å². The Morgan fingerprint density at radius 2 is 1.60 bits per heavy atom. The third kappa shape index (κ3) is 6.15. The van der Waals surface area contributed by atoms with Gasteiger partial charge in [0.2, 0.25) is 11.8 Å². The Morgan fingerprint density at radius 1 is 0.943 bits per heavy atom. The van der Waals surface area contributed by atoms with E-state index >= 15 is 0 Å². The fourth-order valence-electron chi connectivity index (χ4n) is 4.98. The molecule has 2 fully saturated rings. The average molecular weight is 501 g/mol. The van der Waals surface area contributed by atoms with E-state index in [1.54, 1.807) is 7.11 Å². The Labute approximate surface area is 214 Å². The normalized spacial score (nSPS) is 21.7. The molecular formula is C27H37ClN4O3. The zero-order valence-electron chi connectivity index (χ0n) is 20.9. The van der Waals surface area contributed by atoms with Crippen LogP contribution in [0.3, 0.4) is 0 Å². The third-order valence-electron chi connectivity index (χ3n) is 7.07. The number of halogens is 1. The number of amides is 2. The molecule has 2 saturated heterocycles. The van der Waals surface area contributed by atoms with Crippen LogP contribution in [0.5, 0.6) is 5.75 Å². The van der Waals surface area contributed by atoms with Crippen molar-refractivity contribution in [1.82, 2.24) is 15.1 Å². The van der Waals surface area contributed by atoms with Crippen LogP contribution < -0.4 is 15.0 Å². The molecule has 0 spiro atoms. The van der Waals surface area contributed by atoms with Gasteiger partial charge in [-0.25, -0.2) is 0 Å². The summed E-state index contributed by atoms with van der Waals surface area (Å²) >= 11 is 0. The molecule has 3 unspecified atom stereocenters. The molecule has 35 heavy (non-hydrogen) atoms. The highest BCUT2D eigenvalue weighted by Crippen LogP contribution is 2.28. The minimum atomic E-state index is -0.466. The number of imide groups is 1. The molecule has 3 atom stereocenters. The van der Waals surface area contributed by atoms with Crippen molar-refractivity contribution in [3.63, 3.8) is 0 Å². The number of carbonyl (C=O) groups excluding carboxylic acids is 2. The first-order chi connectivity index (χ1) is 16.5. The largest absolute Gasteiger partial charge is 0.495 e. The number of methoxy groups -OCH3 is 1. The van der Waals surface area contributed by atoms with Crippen molar-refractivity contribution in [3.8, 4) is 5.75 Å². The zero-order valence-corrected chi connectivity index (χ0v) is 21.7. The van der Waals surface area contributed by atoms with E-state index in [4.69, 9.17) is 4.74 Å². The van der Waals surface area contributed by atoms with E-state index in [1.165, 1.54) is 4.90 Å². The van der Waals surface area contributed by atoms with Crippen LogP contribution in [0.25, 0.3) is 0 Å². The van der Waals surface area contributed by atoms with Crippen LogP contribution in [0.2, 0.25) is 0 Å². The van der Waals surface area contributed by atoms with Crippen molar-refractivity contribution in [1.29, 1.82) is 0 Å². The van der Waals surface area contributed by atoms with Crippen LogP contribution in [-0.4, -0.2) is 74.0 Å². The topological polar surface area (TPSA) is 65.1 Å². The number of rotatable bonds is 9. The van der Waals surface area contributed by atoms with Crippen LogP contribution >= 0.6 is 12.4 Å². The molecular weight excluding hydrogens is 464 g/mol. The number of nitrogens with one attached hydrogen (secondary N) is 1. The summed E-state index contributed by atoms with van der Waals surface area (Å²) in [5.41, 5.74) is 2.25. The third-order valence-corrected chi connectivity index (χ3v) is 7.07. The van der Waals surface area contributed by atoms with Gasteiger partial charge in [-0.2, -0.15) is 0 Å². The molecule has 2 aromatic carbocycles. The van der Waals surface area contributed by atoms with Gasteiger partial charge in [0.05, 0.1) is 24.8 Å². The van der Waals surface area contributed by atoms with Gasteiger partial charge in [0.1, 0.15) is 5.75 Å². The maximum atomic E-state index is 13.0. The number of nitrogens with zero attached hydrogens (tertiary/aromatic N) is 3. The van der Waals surface area contributed by atoms with Crippen LogP contribution in [0.1, 0.15) is 31.9 Å². The van der Waals surface area contributed by atoms with Gasteiger partial charge >= 0.3 is 0 Å². The van der Waals surface area contributed by atoms with Gasteiger partial charge in [-0.3, -0.25) is 24.7 Å². The summed E-state index contributed by atoms with van der Waals surface area (Å²) in [7, 11) is 1.71. The summed E-state index contributed by atoms with van der Waals surface area (Å²) in [6, 6.07) is 17.7. The molecule has 2 heterocycles. The first-order valence-corrected chi connectivity index (χ1v) is 12.3. The van der Waals surface area contributed by atoms with E-state index in [0.29, 0.717) is 6.54 Å². The highest BCUT2D eigenvalue weighted by atomic mass is 35.5. The monoisotopic (exact) mass is 500 g/mol. The molecule has 8 heteroatoms. The highest BCUT2D eigenvalue weighted by molar-refractivity contribution is 6.06. The lowest BCUT2D eigenvalue weighted by Crippen LogP contribution is -2.47. The lowest BCUT2D eigenvalue weighted by atomic mass is 10.0. The molecule has 1 N–H and O–H groups in total. The number of anilines is 1.